The third-order valence-electron chi connectivity index (χ3n) is 1.54. The lowest BCUT2D eigenvalue weighted by Gasteiger charge is -1.87. The molecule has 13 heavy (non-hydrogen) atoms. The first-order valence-corrected chi connectivity index (χ1v) is 4.25. The van der Waals surface area contributed by atoms with E-state index in [-0.39, 0.29) is 6.42 Å². The van der Waals surface area contributed by atoms with Gasteiger partial charge in [-0.1, -0.05) is 12.1 Å². The predicted molar refractivity (Wildman–Crippen MR) is 44.2 cm³/mol. The SMILES string of the molecule is CCCc1nc(CCC(=O)O)no1. The molecule has 0 atom stereocenters. The summed E-state index contributed by atoms with van der Waals surface area (Å²) in [6.07, 6.45) is 2.08. The topological polar surface area (TPSA) is 76.2 Å². The Kier molecular flexibility index (Phi) is 3.42. The minimum absolute atomic E-state index is 0.0467. The summed E-state index contributed by atoms with van der Waals surface area (Å²) in [5.41, 5.74) is 0. The zero-order chi connectivity index (χ0) is 9.68. The molecule has 5 heteroatoms. The number of nitrogens with zero attached hydrogens (tertiary/aromatic N) is 2. The number of hydrogen-bond acceptors (Lipinski definition) is 4. The van der Waals surface area contributed by atoms with Crippen LogP contribution in [0.15, 0.2) is 4.52 Å². The Morgan fingerprint density at radius 3 is 2.92 bits per heavy atom. The molecule has 0 amide bonds. The Labute approximate surface area is 75.8 Å². The van der Waals surface area contributed by atoms with Gasteiger partial charge in [0.25, 0.3) is 0 Å². The maximum Gasteiger partial charge on any atom is 0.303 e. The maximum atomic E-state index is 10.2. The van der Waals surface area contributed by atoms with Crippen molar-refractivity contribution in [2.45, 2.75) is 32.6 Å². The van der Waals surface area contributed by atoms with Gasteiger partial charge < -0.3 is 9.63 Å². The minimum Gasteiger partial charge on any atom is -0.481 e. The van der Waals surface area contributed by atoms with E-state index in [0.29, 0.717) is 18.1 Å². The third-order valence-corrected chi connectivity index (χ3v) is 1.54. The average molecular weight is 184 g/mol. The summed E-state index contributed by atoms with van der Waals surface area (Å²) < 4.78 is 4.88. The number of aliphatic carboxylic acids is 1. The molecule has 0 fully saturated rings. The summed E-state index contributed by atoms with van der Waals surface area (Å²) in [5, 5.41) is 12.1. The number of carboxylic acid groups (broad SMARTS) is 1. The van der Waals surface area contributed by atoms with Gasteiger partial charge in [-0.05, 0) is 6.42 Å². The van der Waals surface area contributed by atoms with E-state index >= 15 is 0 Å². The van der Waals surface area contributed by atoms with Crippen LogP contribution in [0.2, 0.25) is 0 Å². The summed E-state index contributed by atoms with van der Waals surface area (Å²) in [7, 11) is 0. The van der Waals surface area contributed by atoms with Crippen molar-refractivity contribution in [3.05, 3.63) is 11.7 Å². The molecule has 0 aliphatic rings. The summed E-state index contributed by atoms with van der Waals surface area (Å²) in [6, 6.07) is 0. The van der Waals surface area contributed by atoms with E-state index < -0.39 is 5.97 Å². The Hall–Kier alpha value is -1.39. The van der Waals surface area contributed by atoms with Crippen LogP contribution in [0.25, 0.3) is 0 Å². The van der Waals surface area contributed by atoms with Gasteiger partial charge in [0.2, 0.25) is 5.89 Å². The highest BCUT2D eigenvalue weighted by atomic mass is 16.5. The van der Waals surface area contributed by atoms with Crippen molar-refractivity contribution in [3.63, 3.8) is 0 Å². The Morgan fingerprint density at radius 2 is 2.31 bits per heavy atom. The highest BCUT2D eigenvalue weighted by Gasteiger charge is 2.06. The smallest absolute Gasteiger partial charge is 0.303 e. The van der Waals surface area contributed by atoms with E-state index in [4.69, 9.17) is 9.63 Å². The zero-order valence-corrected chi connectivity index (χ0v) is 7.49. The van der Waals surface area contributed by atoms with Crippen molar-refractivity contribution in [2.24, 2.45) is 0 Å². The highest BCUT2D eigenvalue weighted by molar-refractivity contribution is 5.66. The Bertz CT molecular complexity index is 283. The van der Waals surface area contributed by atoms with Crippen LogP contribution < -0.4 is 0 Å². The monoisotopic (exact) mass is 184 g/mol. The molecule has 1 aromatic rings. The lowest BCUT2D eigenvalue weighted by molar-refractivity contribution is -0.137. The van der Waals surface area contributed by atoms with E-state index in [9.17, 15) is 4.79 Å². The molecular weight excluding hydrogens is 172 g/mol. The van der Waals surface area contributed by atoms with Crippen LogP contribution in [-0.4, -0.2) is 21.2 Å². The van der Waals surface area contributed by atoms with Gasteiger partial charge in [-0.2, -0.15) is 4.98 Å². The molecule has 1 heterocycles. The van der Waals surface area contributed by atoms with Gasteiger partial charge in [-0.25, -0.2) is 0 Å². The molecule has 0 bridgehead atoms. The number of rotatable bonds is 5. The highest BCUT2D eigenvalue weighted by Crippen LogP contribution is 2.02. The van der Waals surface area contributed by atoms with Gasteiger partial charge in [0, 0.05) is 12.8 Å². The second-order valence-corrected chi connectivity index (χ2v) is 2.75. The molecule has 5 nitrogen and oxygen atoms in total. The molecular formula is C8H12N2O3. The number of carboxylic acids is 1. The quantitative estimate of drug-likeness (QED) is 0.739. The minimum atomic E-state index is -0.846. The van der Waals surface area contributed by atoms with E-state index in [0.717, 1.165) is 12.8 Å². The van der Waals surface area contributed by atoms with Crippen molar-refractivity contribution in [2.75, 3.05) is 0 Å². The van der Waals surface area contributed by atoms with Crippen LogP contribution >= 0.6 is 0 Å². The van der Waals surface area contributed by atoms with E-state index in [1.54, 1.807) is 0 Å². The van der Waals surface area contributed by atoms with Gasteiger partial charge in [0.05, 0.1) is 6.42 Å². The second-order valence-electron chi connectivity index (χ2n) is 2.75. The summed E-state index contributed by atoms with van der Waals surface area (Å²) in [4.78, 5) is 14.2. The lowest BCUT2D eigenvalue weighted by atomic mass is 10.3. The molecule has 0 saturated carbocycles. The summed E-state index contributed by atoms with van der Waals surface area (Å²) in [5.74, 6) is 0.218. The average Bonchev–Trinajstić information content (AvgIpc) is 2.50. The molecule has 0 saturated heterocycles. The molecule has 72 valence electrons. The predicted octanol–water partition coefficient (Wildman–Crippen LogP) is 1.04. The van der Waals surface area contributed by atoms with Crippen LogP contribution in [0.1, 0.15) is 31.5 Å². The molecule has 0 spiro atoms. The van der Waals surface area contributed by atoms with Crippen LogP contribution in [0.5, 0.6) is 0 Å². The number of hydrogen-bond donors (Lipinski definition) is 1. The van der Waals surface area contributed by atoms with Gasteiger partial charge in [0.1, 0.15) is 0 Å². The van der Waals surface area contributed by atoms with Crippen LogP contribution in [0, 0.1) is 0 Å². The molecule has 0 unspecified atom stereocenters. The maximum absolute atomic E-state index is 10.2. The van der Waals surface area contributed by atoms with Crippen LogP contribution in [0.3, 0.4) is 0 Å². The van der Waals surface area contributed by atoms with Crippen LogP contribution in [-0.2, 0) is 17.6 Å². The number of aryl methyl sites for hydroxylation is 2. The molecule has 0 radical (unpaired) electrons. The second kappa shape index (κ2) is 4.59. The van der Waals surface area contributed by atoms with Crippen molar-refractivity contribution < 1.29 is 14.4 Å². The lowest BCUT2D eigenvalue weighted by Crippen LogP contribution is -1.98. The Morgan fingerprint density at radius 1 is 1.54 bits per heavy atom. The fourth-order valence-corrected chi connectivity index (χ4v) is 0.926. The van der Waals surface area contributed by atoms with Crippen molar-refractivity contribution in [1.82, 2.24) is 10.1 Å². The van der Waals surface area contributed by atoms with Crippen molar-refractivity contribution >= 4 is 5.97 Å². The van der Waals surface area contributed by atoms with E-state index in [2.05, 4.69) is 10.1 Å². The largest absolute Gasteiger partial charge is 0.481 e. The number of aromatic nitrogens is 2. The molecule has 0 aliphatic heterocycles. The first kappa shape index (κ1) is 9.70. The molecule has 1 N–H and O–H groups in total. The molecule has 0 aliphatic carbocycles. The van der Waals surface area contributed by atoms with Gasteiger partial charge in [-0.3, -0.25) is 4.79 Å². The fourth-order valence-electron chi connectivity index (χ4n) is 0.926. The van der Waals surface area contributed by atoms with Gasteiger partial charge >= 0.3 is 5.97 Å². The first-order chi connectivity index (χ1) is 6.22. The number of carbonyl (C=O) groups is 1. The van der Waals surface area contributed by atoms with Crippen molar-refractivity contribution in [1.29, 1.82) is 0 Å². The molecule has 1 rings (SSSR count). The van der Waals surface area contributed by atoms with Crippen LogP contribution in [0.4, 0.5) is 0 Å². The summed E-state index contributed by atoms with van der Waals surface area (Å²) in [6.45, 7) is 2.02. The summed E-state index contributed by atoms with van der Waals surface area (Å²) >= 11 is 0. The van der Waals surface area contributed by atoms with Gasteiger partial charge in [-0.15, -0.1) is 0 Å². The van der Waals surface area contributed by atoms with Crippen molar-refractivity contribution in [3.8, 4) is 0 Å². The normalized spacial score (nSPS) is 10.2. The molecule has 1 aromatic heterocycles. The zero-order valence-electron chi connectivity index (χ0n) is 7.49. The molecule has 0 aromatic carbocycles. The Balaban J connectivity index is 2.44. The van der Waals surface area contributed by atoms with Gasteiger partial charge in [0.15, 0.2) is 5.82 Å². The standard InChI is InChI=1S/C8H12N2O3/c1-2-3-7-9-6(10-13-7)4-5-8(11)12/h2-5H2,1H3,(H,11,12). The van der Waals surface area contributed by atoms with E-state index in [1.165, 1.54) is 0 Å². The van der Waals surface area contributed by atoms with E-state index in [1.807, 2.05) is 6.92 Å². The third kappa shape index (κ3) is 3.23. The first-order valence-electron chi connectivity index (χ1n) is 4.25. The fraction of sp³-hybridized carbons (Fsp3) is 0.625.